The van der Waals surface area contributed by atoms with Crippen LogP contribution in [0.5, 0.6) is 0 Å². The second-order valence-electron chi connectivity index (χ2n) is 5.61. The number of alkyl halides is 2. The van der Waals surface area contributed by atoms with Crippen LogP contribution in [-0.4, -0.2) is 29.0 Å². The van der Waals surface area contributed by atoms with Crippen molar-refractivity contribution in [3.63, 3.8) is 0 Å². The van der Waals surface area contributed by atoms with Crippen molar-refractivity contribution in [2.45, 2.75) is 37.3 Å². The molecule has 0 spiro atoms. The maximum absolute atomic E-state index is 14.1. The van der Waals surface area contributed by atoms with Gasteiger partial charge in [-0.25, -0.2) is 17.5 Å². The van der Waals surface area contributed by atoms with Gasteiger partial charge in [-0.3, -0.25) is 0 Å². The molecule has 0 bridgehead atoms. The lowest BCUT2D eigenvalue weighted by atomic mass is 10.1. The van der Waals surface area contributed by atoms with Crippen molar-refractivity contribution < 1.29 is 21.6 Å². The molecule has 0 amide bonds. The van der Waals surface area contributed by atoms with Crippen LogP contribution in [0.15, 0.2) is 35.4 Å². The molecule has 1 atom stereocenters. The van der Waals surface area contributed by atoms with Crippen LogP contribution in [0.4, 0.5) is 13.2 Å². The molecule has 0 N–H and O–H groups in total. The lowest BCUT2D eigenvalue weighted by Crippen LogP contribution is -2.31. The molecule has 9 heteroatoms. The standard InChI is InChI=1S/C15H16F3N3O2S/c1-10-14(9-19-21(10)15(17)18)24(22,23)20-8-4-7-13(20)11-5-2-3-6-12(11)16/h2-3,5-6,9,13,15H,4,7-8H2,1H3/t13-/m0/s1. The minimum atomic E-state index is -4.05. The Hall–Kier alpha value is -1.87. The summed E-state index contributed by atoms with van der Waals surface area (Å²) in [5, 5.41) is 3.46. The highest BCUT2D eigenvalue weighted by molar-refractivity contribution is 7.89. The zero-order chi connectivity index (χ0) is 17.5. The van der Waals surface area contributed by atoms with Crippen LogP contribution >= 0.6 is 0 Å². The summed E-state index contributed by atoms with van der Waals surface area (Å²) in [7, 11) is -4.05. The van der Waals surface area contributed by atoms with E-state index in [1.165, 1.54) is 23.4 Å². The lowest BCUT2D eigenvalue weighted by molar-refractivity contribution is 0.0541. The number of hydrogen-bond donors (Lipinski definition) is 0. The molecule has 3 rings (SSSR count). The number of aromatic nitrogens is 2. The van der Waals surface area contributed by atoms with Crippen molar-refractivity contribution in [3.05, 3.63) is 47.5 Å². The molecule has 1 aliphatic rings. The topological polar surface area (TPSA) is 55.2 Å². The molecule has 2 heterocycles. The molecule has 5 nitrogen and oxygen atoms in total. The van der Waals surface area contributed by atoms with E-state index in [0.29, 0.717) is 17.5 Å². The summed E-state index contributed by atoms with van der Waals surface area (Å²) in [6.45, 7) is -1.43. The zero-order valence-electron chi connectivity index (χ0n) is 12.9. The Kier molecular flexibility index (Phi) is 4.39. The highest BCUT2D eigenvalue weighted by Gasteiger charge is 2.39. The second-order valence-corrected chi connectivity index (χ2v) is 7.47. The van der Waals surface area contributed by atoms with Crippen LogP contribution in [-0.2, 0) is 10.0 Å². The molecule has 0 aliphatic carbocycles. The highest BCUT2D eigenvalue weighted by Crippen LogP contribution is 2.38. The van der Waals surface area contributed by atoms with Gasteiger partial charge in [-0.15, -0.1) is 0 Å². The number of sulfonamides is 1. The fourth-order valence-corrected chi connectivity index (χ4v) is 4.89. The summed E-state index contributed by atoms with van der Waals surface area (Å²) in [5.74, 6) is -0.482. The first kappa shape index (κ1) is 17.0. The van der Waals surface area contributed by atoms with Crippen molar-refractivity contribution in [2.75, 3.05) is 6.54 Å². The Morgan fingerprint density at radius 2 is 2.00 bits per heavy atom. The lowest BCUT2D eigenvalue weighted by Gasteiger charge is -2.24. The average Bonchev–Trinajstić information content (AvgIpc) is 3.14. The molecule has 2 aromatic rings. The average molecular weight is 359 g/mol. The van der Waals surface area contributed by atoms with Gasteiger partial charge in [-0.05, 0) is 25.8 Å². The molecular weight excluding hydrogens is 343 g/mol. The fraction of sp³-hybridized carbons (Fsp3) is 0.400. The monoisotopic (exact) mass is 359 g/mol. The van der Waals surface area contributed by atoms with Crippen molar-refractivity contribution in [1.82, 2.24) is 14.1 Å². The minimum Gasteiger partial charge on any atom is -0.207 e. The molecule has 130 valence electrons. The third-order valence-electron chi connectivity index (χ3n) is 4.24. The molecule has 0 unspecified atom stereocenters. The normalized spacial score (nSPS) is 19.3. The van der Waals surface area contributed by atoms with E-state index in [2.05, 4.69) is 5.10 Å². The van der Waals surface area contributed by atoms with Crippen LogP contribution in [0.2, 0.25) is 0 Å². The first-order valence-corrected chi connectivity index (χ1v) is 8.86. The minimum absolute atomic E-state index is 0.135. The molecule has 0 radical (unpaired) electrons. The first-order valence-electron chi connectivity index (χ1n) is 7.42. The van der Waals surface area contributed by atoms with E-state index in [0.717, 1.165) is 6.20 Å². The number of halogens is 3. The van der Waals surface area contributed by atoms with Gasteiger partial charge in [0.15, 0.2) is 0 Å². The van der Waals surface area contributed by atoms with Crippen molar-refractivity contribution in [2.24, 2.45) is 0 Å². The quantitative estimate of drug-likeness (QED) is 0.842. The Morgan fingerprint density at radius 1 is 1.29 bits per heavy atom. The molecule has 1 saturated heterocycles. The summed E-state index contributed by atoms with van der Waals surface area (Å²) in [6.07, 6.45) is 1.97. The third kappa shape index (κ3) is 2.71. The Balaban J connectivity index is 2.02. The predicted molar refractivity (Wildman–Crippen MR) is 80.5 cm³/mol. The van der Waals surface area contributed by atoms with Gasteiger partial charge in [-0.2, -0.15) is 18.2 Å². The van der Waals surface area contributed by atoms with Crippen molar-refractivity contribution in [3.8, 4) is 0 Å². The molecule has 0 saturated carbocycles. The summed E-state index contributed by atoms with van der Waals surface area (Å²) in [4.78, 5) is -0.272. The Morgan fingerprint density at radius 3 is 2.62 bits per heavy atom. The van der Waals surface area contributed by atoms with E-state index in [1.807, 2.05) is 0 Å². The molecule has 1 aromatic carbocycles. The van der Waals surface area contributed by atoms with E-state index in [4.69, 9.17) is 0 Å². The molecule has 1 fully saturated rings. The van der Waals surface area contributed by atoms with E-state index in [9.17, 15) is 21.6 Å². The smallest absolute Gasteiger partial charge is 0.207 e. The van der Waals surface area contributed by atoms with Gasteiger partial charge in [0.25, 0.3) is 0 Å². The number of benzene rings is 1. The van der Waals surface area contributed by atoms with E-state index < -0.39 is 28.4 Å². The van der Waals surface area contributed by atoms with Gasteiger partial charge in [0.05, 0.1) is 17.9 Å². The van der Waals surface area contributed by atoms with Gasteiger partial charge < -0.3 is 0 Å². The number of hydrogen-bond acceptors (Lipinski definition) is 3. The van der Waals surface area contributed by atoms with Crippen molar-refractivity contribution in [1.29, 1.82) is 0 Å². The zero-order valence-corrected chi connectivity index (χ0v) is 13.7. The Bertz CT molecular complexity index is 851. The van der Waals surface area contributed by atoms with Crippen LogP contribution in [0.25, 0.3) is 0 Å². The van der Waals surface area contributed by atoms with Gasteiger partial charge in [0.1, 0.15) is 10.7 Å². The van der Waals surface area contributed by atoms with E-state index >= 15 is 0 Å². The first-order chi connectivity index (χ1) is 11.3. The van der Waals surface area contributed by atoms with Gasteiger partial charge in [0.2, 0.25) is 10.0 Å². The van der Waals surface area contributed by atoms with Crippen LogP contribution in [0.3, 0.4) is 0 Å². The SMILES string of the molecule is Cc1c(S(=O)(=O)N2CCC[C@H]2c2ccccc2F)cnn1C(F)F. The largest absolute Gasteiger partial charge is 0.333 e. The van der Waals surface area contributed by atoms with Crippen LogP contribution in [0, 0.1) is 12.7 Å². The van der Waals surface area contributed by atoms with Gasteiger partial charge >= 0.3 is 6.55 Å². The maximum atomic E-state index is 14.1. The Labute approximate surface area is 137 Å². The summed E-state index contributed by atoms with van der Waals surface area (Å²) >= 11 is 0. The maximum Gasteiger partial charge on any atom is 0.333 e. The van der Waals surface area contributed by atoms with Gasteiger partial charge in [-0.1, -0.05) is 18.2 Å². The van der Waals surface area contributed by atoms with E-state index in [1.54, 1.807) is 12.1 Å². The second kappa shape index (κ2) is 6.21. The van der Waals surface area contributed by atoms with Crippen molar-refractivity contribution >= 4 is 10.0 Å². The van der Waals surface area contributed by atoms with E-state index in [-0.39, 0.29) is 22.7 Å². The van der Waals surface area contributed by atoms with Gasteiger partial charge in [0, 0.05) is 12.1 Å². The predicted octanol–water partition coefficient (Wildman–Crippen LogP) is 3.25. The summed E-state index contributed by atoms with van der Waals surface area (Å²) < 4.78 is 67.1. The highest BCUT2D eigenvalue weighted by atomic mass is 32.2. The van der Waals surface area contributed by atoms with Crippen LogP contribution in [0.1, 0.15) is 36.7 Å². The molecule has 1 aliphatic heterocycles. The number of nitrogens with zero attached hydrogens (tertiary/aromatic N) is 3. The van der Waals surface area contributed by atoms with Crippen LogP contribution < -0.4 is 0 Å². The fourth-order valence-electron chi connectivity index (χ4n) is 3.07. The summed E-state index contributed by atoms with van der Waals surface area (Å²) in [6, 6.07) is 5.35. The number of rotatable bonds is 4. The third-order valence-corrected chi connectivity index (χ3v) is 6.25. The molecule has 24 heavy (non-hydrogen) atoms. The molecule has 1 aromatic heterocycles. The summed E-state index contributed by atoms with van der Waals surface area (Å²) in [5.41, 5.74) is 0.154. The molecular formula is C15H16F3N3O2S.